The predicted octanol–water partition coefficient (Wildman–Crippen LogP) is 5.03. The molecule has 2 heteroatoms. The van der Waals surface area contributed by atoms with Crippen molar-refractivity contribution in [3.05, 3.63) is 82.4 Å². The van der Waals surface area contributed by atoms with Crippen LogP contribution in [0.15, 0.2) is 60.7 Å². The summed E-state index contributed by atoms with van der Waals surface area (Å²) >= 11 is 6.24. The first-order valence-corrected chi connectivity index (χ1v) is 6.83. The van der Waals surface area contributed by atoms with Crippen molar-refractivity contribution in [2.75, 3.05) is 0 Å². The van der Waals surface area contributed by atoms with Crippen molar-refractivity contribution in [3.63, 3.8) is 0 Å². The smallest absolute Gasteiger partial charge is 0.194 e. The Morgan fingerprint density at radius 2 is 1.65 bits per heavy atom. The Morgan fingerprint density at radius 3 is 2.45 bits per heavy atom. The van der Waals surface area contributed by atoms with Crippen molar-refractivity contribution in [1.82, 2.24) is 0 Å². The maximum Gasteiger partial charge on any atom is 0.194 e. The molecule has 0 saturated heterocycles. The van der Waals surface area contributed by atoms with Gasteiger partial charge in [-0.1, -0.05) is 60.1 Å². The summed E-state index contributed by atoms with van der Waals surface area (Å²) in [7, 11) is 0. The minimum absolute atomic E-state index is 0.0375. The van der Waals surface area contributed by atoms with E-state index < -0.39 is 0 Å². The lowest BCUT2D eigenvalue weighted by Gasteiger charge is -2.07. The average Bonchev–Trinajstić information content (AvgIpc) is 2.49. The summed E-state index contributed by atoms with van der Waals surface area (Å²) < 4.78 is 0. The summed E-state index contributed by atoms with van der Waals surface area (Å²) in [6, 6.07) is 19.2. The van der Waals surface area contributed by atoms with Crippen LogP contribution < -0.4 is 0 Å². The van der Waals surface area contributed by atoms with E-state index >= 15 is 0 Å². The monoisotopic (exact) mass is 280 g/mol. The van der Waals surface area contributed by atoms with Crippen molar-refractivity contribution in [2.24, 2.45) is 0 Å². The number of hydrogen-bond acceptors (Lipinski definition) is 1. The predicted molar refractivity (Wildman–Crippen MR) is 83.6 cm³/mol. The van der Waals surface area contributed by atoms with Gasteiger partial charge in [0.25, 0.3) is 0 Å². The van der Waals surface area contributed by atoms with Gasteiger partial charge in [0.05, 0.1) is 5.02 Å². The van der Waals surface area contributed by atoms with E-state index in [4.69, 9.17) is 11.6 Å². The quantitative estimate of drug-likeness (QED) is 0.602. The fraction of sp³-hybridized carbons (Fsp3) is 0.0556. The number of hydrogen-bond donors (Lipinski definition) is 0. The van der Waals surface area contributed by atoms with E-state index in [0.717, 1.165) is 16.3 Å². The van der Waals surface area contributed by atoms with E-state index in [1.165, 1.54) is 0 Å². The highest BCUT2D eigenvalue weighted by molar-refractivity contribution is 6.35. The topological polar surface area (TPSA) is 17.1 Å². The van der Waals surface area contributed by atoms with E-state index in [1.54, 1.807) is 6.07 Å². The van der Waals surface area contributed by atoms with E-state index in [1.807, 2.05) is 61.5 Å². The molecule has 0 heterocycles. The molecular formula is C18H13ClO. The molecule has 0 amide bonds. The van der Waals surface area contributed by atoms with Crippen molar-refractivity contribution >= 4 is 28.2 Å². The molecule has 0 aliphatic heterocycles. The van der Waals surface area contributed by atoms with Gasteiger partial charge in [0.1, 0.15) is 0 Å². The molecule has 0 N–H and O–H groups in total. The number of carbonyl (C=O) groups excluding carboxylic acids is 1. The molecule has 3 rings (SSSR count). The van der Waals surface area contributed by atoms with Gasteiger partial charge in [0.2, 0.25) is 0 Å². The zero-order valence-corrected chi connectivity index (χ0v) is 11.8. The van der Waals surface area contributed by atoms with Gasteiger partial charge in [-0.25, -0.2) is 0 Å². The number of carbonyl (C=O) groups is 1. The van der Waals surface area contributed by atoms with Crippen molar-refractivity contribution < 1.29 is 4.79 Å². The first-order chi connectivity index (χ1) is 9.66. The lowest BCUT2D eigenvalue weighted by molar-refractivity contribution is 0.103. The van der Waals surface area contributed by atoms with Crippen molar-refractivity contribution in [1.29, 1.82) is 0 Å². The molecule has 1 nitrogen and oxygen atoms in total. The minimum Gasteiger partial charge on any atom is -0.289 e. The van der Waals surface area contributed by atoms with Gasteiger partial charge in [-0.05, 0) is 35.4 Å². The third kappa shape index (κ3) is 2.21. The van der Waals surface area contributed by atoms with Crippen LogP contribution in [0.2, 0.25) is 5.02 Å². The second-order valence-corrected chi connectivity index (χ2v) is 5.21. The third-order valence-electron chi connectivity index (χ3n) is 3.45. The molecule has 0 saturated carbocycles. The first-order valence-electron chi connectivity index (χ1n) is 6.45. The van der Waals surface area contributed by atoms with Gasteiger partial charge in [-0.3, -0.25) is 4.79 Å². The Balaban J connectivity index is 2.10. The van der Waals surface area contributed by atoms with Crippen LogP contribution in [0.1, 0.15) is 21.5 Å². The number of benzene rings is 3. The Labute approximate surface area is 122 Å². The maximum absolute atomic E-state index is 12.6. The van der Waals surface area contributed by atoms with E-state index in [-0.39, 0.29) is 5.78 Å². The number of halogens is 1. The normalized spacial score (nSPS) is 10.7. The standard InChI is InChI=1S/C18H13ClO/c1-12-5-4-8-16(17(12)19)18(20)15-10-9-13-6-2-3-7-14(13)11-15/h2-11H,1H3. The van der Waals surface area contributed by atoms with Crippen LogP contribution in [0.25, 0.3) is 10.8 Å². The molecule has 0 fully saturated rings. The zero-order valence-electron chi connectivity index (χ0n) is 11.1. The molecule has 0 aliphatic carbocycles. The second kappa shape index (κ2) is 5.10. The molecular weight excluding hydrogens is 268 g/mol. The molecule has 3 aromatic rings. The lowest BCUT2D eigenvalue weighted by Crippen LogP contribution is -2.02. The molecule has 0 atom stereocenters. The fourth-order valence-corrected chi connectivity index (χ4v) is 2.52. The Kier molecular flexibility index (Phi) is 3.29. The summed E-state index contributed by atoms with van der Waals surface area (Å²) in [5, 5.41) is 2.71. The minimum atomic E-state index is -0.0375. The molecule has 3 aromatic carbocycles. The molecule has 0 unspecified atom stereocenters. The molecule has 0 radical (unpaired) electrons. The van der Waals surface area contributed by atoms with Gasteiger partial charge in [0, 0.05) is 11.1 Å². The Hall–Kier alpha value is -2.12. The summed E-state index contributed by atoms with van der Waals surface area (Å²) in [4.78, 5) is 12.6. The Bertz CT molecular complexity index is 805. The van der Waals surface area contributed by atoms with Crippen LogP contribution in [0, 0.1) is 6.92 Å². The molecule has 20 heavy (non-hydrogen) atoms. The lowest BCUT2D eigenvalue weighted by atomic mass is 9.99. The molecule has 98 valence electrons. The Morgan fingerprint density at radius 1 is 0.900 bits per heavy atom. The van der Waals surface area contributed by atoms with Crippen LogP contribution in [-0.4, -0.2) is 5.78 Å². The number of ketones is 1. The van der Waals surface area contributed by atoms with Crippen molar-refractivity contribution in [2.45, 2.75) is 6.92 Å². The molecule has 0 aliphatic rings. The van der Waals surface area contributed by atoms with Crippen LogP contribution in [-0.2, 0) is 0 Å². The number of fused-ring (bicyclic) bond motifs is 1. The van der Waals surface area contributed by atoms with Crippen LogP contribution in [0.4, 0.5) is 0 Å². The van der Waals surface area contributed by atoms with Gasteiger partial charge in [0.15, 0.2) is 5.78 Å². The van der Waals surface area contributed by atoms with E-state index in [9.17, 15) is 4.79 Å². The van der Waals surface area contributed by atoms with Gasteiger partial charge >= 0.3 is 0 Å². The van der Waals surface area contributed by atoms with Gasteiger partial charge in [-0.15, -0.1) is 0 Å². The summed E-state index contributed by atoms with van der Waals surface area (Å²) in [5.41, 5.74) is 2.14. The molecule has 0 aromatic heterocycles. The van der Waals surface area contributed by atoms with Crippen LogP contribution in [0.3, 0.4) is 0 Å². The van der Waals surface area contributed by atoms with E-state index in [2.05, 4.69) is 0 Å². The number of rotatable bonds is 2. The second-order valence-electron chi connectivity index (χ2n) is 4.83. The summed E-state index contributed by atoms with van der Waals surface area (Å²) in [5.74, 6) is -0.0375. The van der Waals surface area contributed by atoms with Gasteiger partial charge in [-0.2, -0.15) is 0 Å². The highest BCUT2D eigenvalue weighted by Gasteiger charge is 2.14. The summed E-state index contributed by atoms with van der Waals surface area (Å²) in [6.45, 7) is 1.90. The SMILES string of the molecule is Cc1cccc(C(=O)c2ccc3ccccc3c2)c1Cl. The summed E-state index contributed by atoms with van der Waals surface area (Å²) in [6.07, 6.45) is 0. The highest BCUT2D eigenvalue weighted by Crippen LogP contribution is 2.24. The maximum atomic E-state index is 12.6. The van der Waals surface area contributed by atoms with E-state index in [0.29, 0.717) is 16.1 Å². The third-order valence-corrected chi connectivity index (χ3v) is 3.95. The largest absolute Gasteiger partial charge is 0.289 e. The fourth-order valence-electron chi connectivity index (χ4n) is 2.31. The van der Waals surface area contributed by atoms with Crippen LogP contribution >= 0.6 is 11.6 Å². The van der Waals surface area contributed by atoms with Crippen LogP contribution in [0.5, 0.6) is 0 Å². The molecule has 0 spiro atoms. The average molecular weight is 281 g/mol. The number of aryl methyl sites for hydroxylation is 1. The molecule has 0 bridgehead atoms. The highest BCUT2D eigenvalue weighted by atomic mass is 35.5. The zero-order chi connectivity index (χ0) is 14.1. The van der Waals surface area contributed by atoms with Gasteiger partial charge < -0.3 is 0 Å². The first kappa shape index (κ1) is 12.9. The van der Waals surface area contributed by atoms with Crippen molar-refractivity contribution in [3.8, 4) is 0 Å².